The highest BCUT2D eigenvalue weighted by molar-refractivity contribution is 5.73. The number of aromatic hydroxyl groups is 1. The average molecular weight is 221 g/mol. The van der Waals surface area contributed by atoms with Crippen LogP contribution < -0.4 is 4.74 Å². The first-order valence-corrected chi connectivity index (χ1v) is 4.56. The number of carboxylic acids is 1. The largest absolute Gasteiger partial charge is 0.504 e. The maximum Gasteiger partial charge on any atom is 0.321 e. The summed E-state index contributed by atoms with van der Waals surface area (Å²) in [7, 11) is 1.40. The lowest BCUT2D eigenvalue weighted by Gasteiger charge is -2.07. The van der Waals surface area contributed by atoms with Gasteiger partial charge in [0.1, 0.15) is 5.92 Å². The number of benzene rings is 1. The topological polar surface area (TPSA) is 90.5 Å². The van der Waals surface area contributed by atoms with Gasteiger partial charge in [0.25, 0.3) is 0 Å². The number of carbonyl (C=O) groups is 1. The molecular formula is C11H11NO4. The minimum atomic E-state index is -1.16. The summed E-state index contributed by atoms with van der Waals surface area (Å²) >= 11 is 0. The third-order valence-electron chi connectivity index (χ3n) is 2.14. The second kappa shape index (κ2) is 5.03. The van der Waals surface area contributed by atoms with E-state index in [0.717, 1.165) is 0 Å². The van der Waals surface area contributed by atoms with Crippen molar-refractivity contribution in [2.24, 2.45) is 5.92 Å². The van der Waals surface area contributed by atoms with Crippen molar-refractivity contribution in [3.63, 3.8) is 0 Å². The van der Waals surface area contributed by atoms with E-state index in [9.17, 15) is 9.90 Å². The molecule has 0 bridgehead atoms. The molecule has 1 atom stereocenters. The van der Waals surface area contributed by atoms with Gasteiger partial charge in [-0.05, 0) is 24.1 Å². The van der Waals surface area contributed by atoms with Gasteiger partial charge in [0.15, 0.2) is 11.5 Å². The summed E-state index contributed by atoms with van der Waals surface area (Å²) in [6, 6.07) is 6.18. The van der Waals surface area contributed by atoms with Gasteiger partial charge in [-0.1, -0.05) is 6.07 Å². The Morgan fingerprint density at radius 3 is 2.81 bits per heavy atom. The Morgan fingerprint density at radius 2 is 2.31 bits per heavy atom. The predicted octanol–water partition coefficient (Wildman–Crippen LogP) is 1.17. The van der Waals surface area contributed by atoms with E-state index < -0.39 is 11.9 Å². The minimum absolute atomic E-state index is 0.0184. The zero-order valence-electron chi connectivity index (χ0n) is 8.67. The van der Waals surface area contributed by atoms with E-state index in [4.69, 9.17) is 15.1 Å². The molecule has 0 saturated carbocycles. The monoisotopic (exact) mass is 221 g/mol. The van der Waals surface area contributed by atoms with Gasteiger partial charge >= 0.3 is 5.97 Å². The molecule has 2 N–H and O–H groups in total. The fourth-order valence-corrected chi connectivity index (χ4v) is 1.27. The van der Waals surface area contributed by atoms with Gasteiger partial charge in [-0.15, -0.1) is 0 Å². The zero-order chi connectivity index (χ0) is 12.1. The molecule has 1 aromatic carbocycles. The van der Waals surface area contributed by atoms with Gasteiger partial charge < -0.3 is 14.9 Å². The predicted molar refractivity (Wildman–Crippen MR) is 55.1 cm³/mol. The molecule has 0 fully saturated rings. The number of aliphatic carboxylic acids is 1. The Bertz CT molecular complexity index is 436. The molecule has 16 heavy (non-hydrogen) atoms. The van der Waals surface area contributed by atoms with Crippen molar-refractivity contribution < 1.29 is 19.7 Å². The van der Waals surface area contributed by atoms with Crippen LogP contribution in [-0.4, -0.2) is 23.3 Å². The van der Waals surface area contributed by atoms with Crippen molar-refractivity contribution in [1.29, 1.82) is 5.26 Å². The van der Waals surface area contributed by atoms with Crippen LogP contribution in [0.25, 0.3) is 0 Å². The Balaban J connectivity index is 2.90. The maximum atomic E-state index is 10.7. The summed E-state index contributed by atoms with van der Waals surface area (Å²) in [5, 5.41) is 26.7. The van der Waals surface area contributed by atoms with E-state index in [1.54, 1.807) is 12.1 Å². The molecule has 0 saturated heterocycles. The van der Waals surface area contributed by atoms with E-state index in [-0.39, 0.29) is 17.9 Å². The molecule has 0 aliphatic carbocycles. The first-order valence-electron chi connectivity index (χ1n) is 4.56. The molecular weight excluding hydrogens is 210 g/mol. The van der Waals surface area contributed by atoms with Crippen LogP contribution in [0.5, 0.6) is 11.5 Å². The van der Waals surface area contributed by atoms with E-state index >= 15 is 0 Å². The molecule has 0 radical (unpaired) electrons. The molecule has 1 rings (SSSR count). The first-order chi connectivity index (χ1) is 7.58. The molecule has 5 heteroatoms. The van der Waals surface area contributed by atoms with Crippen LogP contribution in [0.2, 0.25) is 0 Å². The summed E-state index contributed by atoms with van der Waals surface area (Å²) in [5.41, 5.74) is 0.628. The molecule has 0 aliphatic heterocycles. The lowest BCUT2D eigenvalue weighted by Crippen LogP contribution is -2.14. The Hall–Kier alpha value is -2.22. The van der Waals surface area contributed by atoms with Crippen molar-refractivity contribution in [3.8, 4) is 17.6 Å². The second-order valence-corrected chi connectivity index (χ2v) is 3.23. The second-order valence-electron chi connectivity index (χ2n) is 3.23. The van der Waals surface area contributed by atoms with Crippen molar-refractivity contribution in [1.82, 2.24) is 0 Å². The lowest BCUT2D eigenvalue weighted by atomic mass is 10.0. The van der Waals surface area contributed by atoms with Gasteiger partial charge in [-0.25, -0.2) is 0 Å². The van der Waals surface area contributed by atoms with E-state index in [1.165, 1.54) is 19.2 Å². The van der Waals surface area contributed by atoms with Gasteiger partial charge in [-0.2, -0.15) is 5.26 Å². The molecule has 1 unspecified atom stereocenters. The number of carboxylic acid groups (broad SMARTS) is 1. The van der Waals surface area contributed by atoms with Crippen molar-refractivity contribution >= 4 is 5.97 Å². The number of methoxy groups -OCH3 is 1. The third kappa shape index (κ3) is 2.64. The number of hydrogen-bond donors (Lipinski definition) is 2. The summed E-state index contributed by atoms with van der Waals surface area (Å²) in [6.45, 7) is 0. The highest BCUT2D eigenvalue weighted by Crippen LogP contribution is 2.27. The molecule has 0 aliphatic rings. The molecule has 84 valence electrons. The number of nitriles is 1. The van der Waals surface area contributed by atoms with Crippen LogP contribution in [0, 0.1) is 17.2 Å². The summed E-state index contributed by atoms with van der Waals surface area (Å²) in [4.78, 5) is 10.7. The quantitative estimate of drug-likeness (QED) is 0.796. The molecule has 0 spiro atoms. The number of phenols is 1. The maximum absolute atomic E-state index is 10.7. The van der Waals surface area contributed by atoms with Crippen LogP contribution in [0.15, 0.2) is 18.2 Å². The fraction of sp³-hybridized carbons (Fsp3) is 0.273. The number of nitrogens with zero attached hydrogens (tertiary/aromatic N) is 1. The molecule has 5 nitrogen and oxygen atoms in total. The first kappa shape index (κ1) is 11.9. The van der Waals surface area contributed by atoms with E-state index in [0.29, 0.717) is 5.56 Å². The standard InChI is InChI=1S/C11H11NO4/c1-16-10-5-7(2-3-9(10)13)4-8(6-12)11(14)15/h2-3,5,8,13H,4H2,1H3,(H,14,15). The van der Waals surface area contributed by atoms with Gasteiger partial charge in [0.05, 0.1) is 13.2 Å². The Morgan fingerprint density at radius 1 is 1.62 bits per heavy atom. The van der Waals surface area contributed by atoms with Crippen LogP contribution in [0.1, 0.15) is 5.56 Å². The van der Waals surface area contributed by atoms with E-state index in [1.807, 2.05) is 0 Å². The van der Waals surface area contributed by atoms with E-state index in [2.05, 4.69) is 0 Å². The van der Waals surface area contributed by atoms with Crippen molar-refractivity contribution in [2.45, 2.75) is 6.42 Å². The number of rotatable bonds is 4. The molecule has 0 heterocycles. The highest BCUT2D eigenvalue weighted by atomic mass is 16.5. The summed E-state index contributed by atoms with van der Waals surface area (Å²) in [6.07, 6.45) is 0.0858. The van der Waals surface area contributed by atoms with Gasteiger partial charge in [-0.3, -0.25) is 4.79 Å². The number of phenolic OH excluding ortho intramolecular Hbond substituents is 1. The van der Waals surface area contributed by atoms with Gasteiger partial charge in [0.2, 0.25) is 0 Å². The van der Waals surface area contributed by atoms with Crippen molar-refractivity contribution in [2.75, 3.05) is 7.11 Å². The Kier molecular flexibility index (Phi) is 3.72. The minimum Gasteiger partial charge on any atom is -0.504 e. The molecule has 1 aromatic rings. The normalized spacial score (nSPS) is 11.5. The summed E-state index contributed by atoms with van der Waals surface area (Å²) in [5.74, 6) is -2.00. The fourth-order valence-electron chi connectivity index (χ4n) is 1.27. The highest BCUT2D eigenvalue weighted by Gasteiger charge is 2.17. The average Bonchev–Trinajstić information content (AvgIpc) is 2.27. The smallest absolute Gasteiger partial charge is 0.321 e. The lowest BCUT2D eigenvalue weighted by molar-refractivity contribution is -0.139. The number of hydrogen-bond acceptors (Lipinski definition) is 4. The van der Waals surface area contributed by atoms with Crippen LogP contribution in [0.4, 0.5) is 0 Å². The molecule has 0 aromatic heterocycles. The third-order valence-corrected chi connectivity index (χ3v) is 2.14. The SMILES string of the molecule is COc1cc(CC(C#N)C(=O)O)ccc1O. The Labute approximate surface area is 92.5 Å². The zero-order valence-corrected chi connectivity index (χ0v) is 8.67. The molecule has 0 amide bonds. The van der Waals surface area contributed by atoms with Crippen LogP contribution in [-0.2, 0) is 11.2 Å². The van der Waals surface area contributed by atoms with Crippen LogP contribution >= 0.6 is 0 Å². The van der Waals surface area contributed by atoms with Gasteiger partial charge in [0, 0.05) is 0 Å². The van der Waals surface area contributed by atoms with Crippen molar-refractivity contribution in [3.05, 3.63) is 23.8 Å². The number of ether oxygens (including phenoxy) is 1. The van der Waals surface area contributed by atoms with Crippen LogP contribution in [0.3, 0.4) is 0 Å². The summed E-state index contributed by atoms with van der Waals surface area (Å²) < 4.78 is 4.88.